The van der Waals surface area contributed by atoms with Crippen molar-refractivity contribution in [2.75, 3.05) is 0 Å². The van der Waals surface area contributed by atoms with E-state index in [1.165, 1.54) is 30.5 Å². The molecule has 0 atom stereocenters. The lowest BCUT2D eigenvalue weighted by Gasteiger charge is -2.02. The van der Waals surface area contributed by atoms with Gasteiger partial charge in [0, 0.05) is 17.8 Å². The number of carboxylic acid groups (broad SMARTS) is 1. The summed E-state index contributed by atoms with van der Waals surface area (Å²) in [7, 11) is 0. The van der Waals surface area contributed by atoms with Crippen LogP contribution in [-0.4, -0.2) is 32.6 Å². The maximum atomic E-state index is 10.7. The summed E-state index contributed by atoms with van der Waals surface area (Å²) in [6.45, 7) is 0. The van der Waals surface area contributed by atoms with E-state index in [0.717, 1.165) is 12.1 Å². The molecule has 2 rings (SSSR count). The second kappa shape index (κ2) is 5.31. The molecule has 2 aromatic rings. The van der Waals surface area contributed by atoms with Crippen LogP contribution in [0.2, 0.25) is 0 Å². The minimum atomic E-state index is -1.15. The minimum Gasteiger partial charge on any atom is -0.508 e. The zero-order valence-corrected chi connectivity index (χ0v) is 10.2. The van der Waals surface area contributed by atoms with E-state index in [1.54, 1.807) is 0 Å². The van der Waals surface area contributed by atoms with Gasteiger partial charge in [0.1, 0.15) is 22.9 Å². The quantitative estimate of drug-likeness (QED) is 0.641. The van der Waals surface area contributed by atoms with Gasteiger partial charge in [-0.15, -0.1) is 0 Å². The van der Waals surface area contributed by atoms with E-state index < -0.39 is 5.97 Å². The van der Waals surface area contributed by atoms with E-state index in [0.29, 0.717) is 5.56 Å². The molecule has 6 nitrogen and oxygen atoms in total. The fraction of sp³-hybridized carbons (Fsp3) is 0. The van der Waals surface area contributed by atoms with Gasteiger partial charge in [-0.25, -0.2) is 4.79 Å². The van der Waals surface area contributed by atoms with Crippen LogP contribution in [0.25, 0.3) is 0 Å². The lowest BCUT2D eigenvalue weighted by Crippen LogP contribution is -1.94. The number of benzene rings is 2. The van der Waals surface area contributed by atoms with Crippen molar-refractivity contribution in [1.29, 1.82) is 0 Å². The third-order valence-electron chi connectivity index (χ3n) is 2.58. The Bertz CT molecular complexity index is 694. The van der Waals surface area contributed by atoms with Gasteiger partial charge in [0.05, 0.1) is 5.56 Å². The highest BCUT2D eigenvalue weighted by molar-refractivity contribution is 5.90. The summed E-state index contributed by atoms with van der Waals surface area (Å²) >= 11 is 0. The fourth-order valence-electron chi connectivity index (χ4n) is 1.55. The lowest BCUT2D eigenvalue weighted by molar-refractivity contribution is 0.0696. The third kappa shape index (κ3) is 2.86. The van der Waals surface area contributed by atoms with E-state index in [2.05, 4.69) is 4.99 Å². The Morgan fingerprint density at radius 1 is 1.00 bits per heavy atom. The summed E-state index contributed by atoms with van der Waals surface area (Å²) in [6.07, 6.45) is 1.30. The van der Waals surface area contributed by atoms with E-state index >= 15 is 0 Å². The van der Waals surface area contributed by atoms with Gasteiger partial charge >= 0.3 is 5.97 Å². The number of phenols is 3. The Kier molecular flexibility index (Phi) is 3.56. The van der Waals surface area contributed by atoms with E-state index in [4.69, 9.17) is 10.2 Å². The molecule has 20 heavy (non-hydrogen) atoms. The van der Waals surface area contributed by atoms with E-state index in [1.807, 2.05) is 0 Å². The number of aromatic carboxylic acids is 1. The summed E-state index contributed by atoms with van der Waals surface area (Å²) in [6, 6.07) is 7.75. The SMILES string of the molecule is O=C(O)c1ccc(N=Cc2ccc(O)cc2O)c(O)c1. The first-order valence-corrected chi connectivity index (χ1v) is 5.60. The van der Waals surface area contributed by atoms with Crippen LogP contribution >= 0.6 is 0 Å². The topological polar surface area (TPSA) is 110 Å². The second-order valence-corrected chi connectivity index (χ2v) is 4.01. The molecule has 0 saturated heterocycles. The van der Waals surface area contributed by atoms with Crippen molar-refractivity contribution in [3.8, 4) is 17.2 Å². The lowest BCUT2D eigenvalue weighted by atomic mass is 10.2. The highest BCUT2D eigenvalue weighted by atomic mass is 16.4. The average molecular weight is 273 g/mol. The molecular weight excluding hydrogens is 262 g/mol. The van der Waals surface area contributed by atoms with Gasteiger partial charge in [0.15, 0.2) is 0 Å². The van der Waals surface area contributed by atoms with Gasteiger partial charge in [-0.1, -0.05) is 0 Å². The highest BCUT2D eigenvalue weighted by Gasteiger charge is 2.07. The number of rotatable bonds is 3. The molecule has 2 aromatic carbocycles. The molecule has 0 aromatic heterocycles. The van der Waals surface area contributed by atoms with Gasteiger partial charge in [0.2, 0.25) is 0 Å². The van der Waals surface area contributed by atoms with E-state index in [9.17, 15) is 15.0 Å². The number of hydrogen-bond donors (Lipinski definition) is 4. The maximum Gasteiger partial charge on any atom is 0.335 e. The Balaban J connectivity index is 2.29. The zero-order valence-electron chi connectivity index (χ0n) is 10.2. The van der Waals surface area contributed by atoms with Crippen molar-refractivity contribution in [1.82, 2.24) is 0 Å². The minimum absolute atomic E-state index is 0.0473. The molecule has 0 radical (unpaired) electrons. The van der Waals surface area contributed by atoms with Crippen LogP contribution in [0.1, 0.15) is 15.9 Å². The van der Waals surface area contributed by atoms with Crippen LogP contribution in [0, 0.1) is 0 Å². The molecule has 0 aliphatic carbocycles. The molecule has 0 unspecified atom stereocenters. The first-order chi connectivity index (χ1) is 9.47. The predicted molar refractivity (Wildman–Crippen MR) is 72.1 cm³/mol. The third-order valence-corrected chi connectivity index (χ3v) is 2.58. The smallest absolute Gasteiger partial charge is 0.335 e. The summed E-state index contributed by atoms with van der Waals surface area (Å²) in [5, 5.41) is 37.1. The van der Waals surface area contributed by atoms with Crippen molar-refractivity contribution in [3.05, 3.63) is 47.5 Å². The molecular formula is C14H11NO5. The standard InChI is InChI=1S/C14H11NO5/c16-10-3-1-9(12(17)6-10)7-15-11-4-2-8(14(19)20)5-13(11)18/h1-7,16-18H,(H,19,20). The molecule has 0 aliphatic heterocycles. The Hall–Kier alpha value is -3.02. The maximum absolute atomic E-state index is 10.7. The second-order valence-electron chi connectivity index (χ2n) is 4.01. The van der Waals surface area contributed by atoms with Crippen molar-refractivity contribution in [2.45, 2.75) is 0 Å². The number of nitrogens with zero attached hydrogens (tertiary/aromatic N) is 1. The summed E-state index contributed by atoms with van der Waals surface area (Å²) < 4.78 is 0. The zero-order chi connectivity index (χ0) is 14.7. The predicted octanol–water partition coefficient (Wildman–Crippen LogP) is 2.25. The summed E-state index contributed by atoms with van der Waals surface area (Å²) in [5.41, 5.74) is 0.473. The molecule has 0 bridgehead atoms. The molecule has 0 heterocycles. The van der Waals surface area contributed by atoms with Crippen molar-refractivity contribution in [3.63, 3.8) is 0 Å². The number of phenolic OH excluding ortho intramolecular Hbond substituents is 3. The number of hydrogen-bond acceptors (Lipinski definition) is 5. The molecule has 4 N–H and O–H groups in total. The summed E-state index contributed by atoms with van der Waals surface area (Å²) in [5.74, 6) is -1.66. The van der Waals surface area contributed by atoms with Crippen LogP contribution < -0.4 is 0 Å². The van der Waals surface area contributed by atoms with Gasteiger partial charge in [-0.2, -0.15) is 0 Å². The van der Waals surface area contributed by atoms with Crippen LogP contribution in [0.4, 0.5) is 5.69 Å². The Morgan fingerprint density at radius 2 is 1.75 bits per heavy atom. The van der Waals surface area contributed by atoms with Crippen LogP contribution in [-0.2, 0) is 0 Å². The Morgan fingerprint density at radius 3 is 2.35 bits per heavy atom. The number of carbonyl (C=O) groups is 1. The largest absolute Gasteiger partial charge is 0.508 e. The van der Waals surface area contributed by atoms with Crippen LogP contribution in [0.15, 0.2) is 41.4 Å². The van der Waals surface area contributed by atoms with Crippen molar-refractivity contribution in [2.24, 2.45) is 4.99 Å². The van der Waals surface area contributed by atoms with Gasteiger partial charge in [-0.05, 0) is 30.3 Å². The van der Waals surface area contributed by atoms with Gasteiger partial charge < -0.3 is 20.4 Å². The van der Waals surface area contributed by atoms with Crippen molar-refractivity contribution < 1.29 is 25.2 Å². The number of aliphatic imine (C=N–C) groups is 1. The summed E-state index contributed by atoms with van der Waals surface area (Å²) in [4.78, 5) is 14.7. The van der Waals surface area contributed by atoms with Crippen LogP contribution in [0.3, 0.4) is 0 Å². The number of aromatic hydroxyl groups is 3. The van der Waals surface area contributed by atoms with E-state index in [-0.39, 0.29) is 28.5 Å². The molecule has 0 aliphatic rings. The molecule has 0 fully saturated rings. The van der Waals surface area contributed by atoms with Gasteiger partial charge in [-0.3, -0.25) is 4.99 Å². The normalized spacial score (nSPS) is 10.8. The molecule has 102 valence electrons. The molecule has 0 saturated carbocycles. The first kappa shape index (κ1) is 13.4. The molecule has 0 amide bonds. The average Bonchev–Trinajstić information content (AvgIpc) is 2.38. The molecule has 0 spiro atoms. The first-order valence-electron chi connectivity index (χ1n) is 5.60. The van der Waals surface area contributed by atoms with Crippen LogP contribution in [0.5, 0.6) is 17.2 Å². The van der Waals surface area contributed by atoms with Crippen molar-refractivity contribution >= 4 is 17.9 Å². The molecule has 6 heteroatoms. The fourth-order valence-corrected chi connectivity index (χ4v) is 1.55. The highest BCUT2D eigenvalue weighted by Crippen LogP contribution is 2.28. The monoisotopic (exact) mass is 273 g/mol. The number of carboxylic acids is 1. The van der Waals surface area contributed by atoms with Gasteiger partial charge in [0.25, 0.3) is 0 Å². The Labute approximate surface area is 113 Å².